The van der Waals surface area contributed by atoms with Crippen LogP contribution < -0.4 is 5.32 Å². The fourth-order valence-electron chi connectivity index (χ4n) is 6.69. The van der Waals surface area contributed by atoms with E-state index in [0.717, 1.165) is 32.0 Å². The van der Waals surface area contributed by atoms with E-state index in [4.69, 9.17) is 4.74 Å². The molecule has 2 N–H and O–H groups in total. The first kappa shape index (κ1) is 21.0. The molecule has 0 radical (unpaired) electrons. The van der Waals surface area contributed by atoms with Gasteiger partial charge in [-0.2, -0.15) is 0 Å². The zero-order valence-corrected chi connectivity index (χ0v) is 18.6. The lowest BCUT2D eigenvalue weighted by atomic mass is 9.64. The van der Waals surface area contributed by atoms with Crippen LogP contribution in [0.15, 0.2) is 0 Å². The average Bonchev–Trinajstić information content (AvgIpc) is 3.22. The quantitative estimate of drug-likeness (QED) is 0.642. The number of hydrogen-bond acceptors (Lipinski definition) is 6. The minimum atomic E-state index is -0.445. The highest BCUT2D eigenvalue weighted by atomic mass is 16.6. The predicted molar refractivity (Wildman–Crippen MR) is 115 cm³/mol. The van der Waals surface area contributed by atoms with E-state index in [2.05, 4.69) is 15.1 Å². The lowest BCUT2D eigenvalue weighted by Crippen LogP contribution is -2.56. The molecule has 5 rings (SSSR count). The first-order valence-electron chi connectivity index (χ1n) is 12.4. The van der Waals surface area contributed by atoms with Gasteiger partial charge in [-0.25, -0.2) is 4.79 Å². The van der Waals surface area contributed by atoms with E-state index in [9.17, 15) is 9.90 Å². The van der Waals surface area contributed by atoms with Crippen molar-refractivity contribution in [2.24, 2.45) is 11.3 Å². The molecule has 3 aliphatic heterocycles. The van der Waals surface area contributed by atoms with Crippen LogP contribution in [0.25, 0.3) is 0 Å². The molecular weight excluding hydrogens is 380 g/mol. The number of ether oxygens (including phenoxy) is 1. The van der Waals surface area contributed by atoms with Crippen molar-refractivity contribution in [3.63, 3.8) is 0 Å². The van der Waals surface area contributed by atoms with E-state index in [-0.39, 0.29) is 6.09 Å². The van der Waals surface area contributed by atoms with Gasteiger partial charge in [-0.05, 0) is 89.1 Å². The Morgan fingerprint density at radius 2 is 1.90 bits per heavy atom. The number of rotatable bonds is 6. The Hall–Kier alpha value is -0.890. The van der Waals surface area contributed by atoms with Gasteiger partial charge in [0.05, 0.1) is 6.61 Å². The number of likely N-dealkylation sites (tertiary alicyclic amines) is 3. The van der Waals surface area contributed by atoms with Gasteiger partial charge in [0.1, 0.15) is 0 Å². The summed E-state index contributed by atoms with van der Waals surface area (Å²) in [6.07, 6.45) is 10.5. The average molecular weight is 421 g/mol. The molecule has 0 bridgehead atoms. The van der Waals surface area contributed by atoms with Crippen LogP contribution in [0.3, 0.4) is 0 Å². The van der Waals surface area contributed by atoms with Crippen molar-refractivity contribution >= 4 is 6.09 Å². The minimum Gasteiger partial charge on any atom is -0.450 e. The summed E-state index contributed by atoms with van der Waals surface area (Å²) >= 11 is 0. The SMILES string of the molecule is CCOC(=O)N1CCC2(CC(N3CCC([C@@H]4CCCN4C(O)NC4CC4)CC3)C2)C1. The van der Waals surface area contributed by atoms with Crippen LogP contribution in [-0.4, -0.2) is 89.7 Å². The van der Waals surface area contributed by atoms with Crippen molar-refractivity contribution in [3.8, 4) is 0 Å². The van der Waals surface area contributed by atoms with Crippen LogP contribution in [0.4, 0.5) is 4.79 Å². The lowest BCUT2D eigenvalue weighted by molar-refractivity contribution is -0.0587. The van der Waals surface area contributed by atoms with Crippen LogP contribution in [0.5, 0.6) is 0 Å². The number of aliphatic hydroxyl groups excluding tert-OH is 1. The Morgan fingerprint density at radius 1 is 1.13 bits per heavy atom. The molecule has 7 nitrogen and oxygen atoms in total. The molecule has 2 aliphatic carbocycles. The van der Waals surface area contributed by atoms with Crippen molar-refractivity contribution in [1.29, 1.82) is 0 Å². The lowest BCUT2D eigenvalue weighted by Gasteiger charge is -2.52. The summed E-state index contributed by atoms with van der Waals surface area (Å²) in [5.74, 6) is 0.722. The van der Waals surface area contributed by atoms with Crippen LogP contribution in [0.1, 0.15) is 64.7 Å². The van der Waals surface area contributed by atoms with Gasteiger partial charge in [0.25, 0.3) is 0 Å². The van der Waals surface area contributed by atoms with Crippen molar-refractivity contribution in [2.75, 3.05) is 39.3 Å². The van der Waals surface area contributed by atoms with Crippen LogP contribution in [0, 0.1) is 11.3 Å². The highest BCUT2D eigenvalue weighted by molar-refractivity contribution is 5.68. The molecule has 3 saturated heterocycles. The largest absolute Gasteiger partial charge is 0.450 e. The standard InChI is InChI=1S/C23H40N4O3/c1-2-30-22(29)26-13-9-23(16-26)14-19(15-23)25-11-7-17(8-12-25)20-4-3-10-27(20)21(28)24-18-5-6-18/h17-21,24,28H,2-16H2,1H3/t19?,20-,21?,23?/m0/s1. The van der Waals surface area contributed by atoms with Crippen molar-refractivity contribution in [3.05, 3.63) is 0 Å². The molecule has 5 aliphatic rings. The molecule has 2 atom stereocenters. The molecule has 1 unspecified atom stereocenters. The second kappa shape index (κ2) is 8.57. The van der Waals surface area contributed by atoms with E-state index in [1.165, 1.54) is 64.5 Å². The number of nitrogens with one attached hydrogen (secondary N) is 1. The number of piperidine rings is 1. The van der Waals surface area contributed by atoms with Crippen LogP contribution in [0.2, 0.25) is 0 Å². The Labute approximate surface area is 181 Å². The van der Waals surface area contributed by atoms with E-state index < -0.39 is 6.35 Å². The topological polar surface area (TPSA) is 68.3 Å². The molecule has 2 saturated carbocycles. The van der Waals surface area contributed by atoms with Crippen molar-refractivity contribution < 1.29 is 14.6 Å². The summed E-state index contributed by atoms with van der Waals surface area (Å²) < 4.78 is 5.19. The molecule has 170 valence electrons. The van der Waals surface area contributed by atoms with E-state index in [0.29, 0.717) is 30.1 Å². The highest BCUT2D eigenvalue weighted by Crippen LogP contribution is 2.51. The fraction of sp³-hybridized carbons (Fsp3) is 0.957. The van der Waals surface area contributed by atoms with Gasteiger partial charge in [-0.1, -0.05) is 0 Å². The predicted octanol–water partition coefficient (Wildman–Crippen LogP) is 2.20. The van der Waals surface area contributed by atoms with Gasteiger partial charge in [0.2, 0.25) is 0 Å². The van der Waals surface area contributed by atoms with Gasteiger partial charge in [-0.15, -0.1) is 0 Å². The third kappa shape index (κ3) is 4.23. The summed E-state index contributed by atoms with van der Waals surface area (Å²) in [6, 6.07) is 1.80. The summed E-state index contributed by atoms with van der Waals surface area (Å²) in [5, 5.41) is 14.0. The summed E-state index contributed by atoms with van der Waals surface area (Å²) in [7, 11) is 0. The first-order valence-corrected chi connectivity index (χ1v) is 12.4. The normalized spacial score (nSPS) is 36.9. The smallest absolute Gasteiger partial charge is 0.409 e. The van der Waals surface area contributed by atoms with E-state index in [1.54, 1.807) is 0 Å². The molecule has 1 spiro atoms. The molecule has 7 heteroatoms. The molecule has 0 aromatic carbocycles. The number of carbonyl (C=O) groups is 1. The van der Waals surface area contributed by atoms with Gasteiger partial charge >= 0.3 is 6.09 Å². The fourth-order valence-corrected chi connectivity index (χ4v) is 6.69. The summed E-state index contributed by atoms with van der Waals surface area (Å²) in [5.41, 5.74) is 0.356. The number of aliphatic hydroxyl groups is 1. The molecule has 1 amide bonds. The second-order valence-electron chi connectivity index (χ2n) is 10.6. The third-order valence-electron chi connectivity index (χ3n) is 8.55. The molecule has 0 aromatic rings. The zero-order chi connectivity index (χ0) is 20.7. The maximum atomic E-state index is 12.0. The first-order chi connectivity index (χ1) is 14.6. The van der Waals surface area contributed by atoms with Gasteiger partial charge in [0, 0.05) is 37.8 Å². The van der Waals surface area contributed by atoms with Gasteiger partial charge < -0.3 is 19.6 Å². The molecular formula is C23H40N4O3. The summed E-state index contributed by atoms with van der Waals surface area (Å²) in [6.45, 7) is 7.53. The Bertz CT molecular complexity index is 614. The van der Waals surface area contributed by atoms with E-state index in [1.807, 2.05) is 11.8 Å². The maximum Gasteiger partial charge on any atom is 0.409 e. The van der Waals surface area contributed by atoms with Crippen LogP contribution in [-0.2, 0) is 4.74 Å². The number of carbonyl (C=O) groups excluding carboxylic acids is 1. The third-order valence-corrected chi connectivity index (χ3v) is 8.55. The highest BCUT2D eigenvalue weighted by Gasteiger charge is 2.51. The molecule has 0 aromatic heterocycles. The maximum absolute atomic E-state index is 12.0. The number of amides is 1. The van der Waals surface area contributed by atoms with Crippen LogP contribution >= 0.6 is 0 Å². The number of nitrogens with zero attached hydrogens (tertiary/aromatic N) is 3. The Kier molecular flexibility index (Phi) is 5.99. The Morgan fingerprint density at radius 3 is 2.60 bits per heavy atom. The van der Waals surface area contributed by atoms with Crippen molar-refractivity contribution in [1.82, 2.24) is 20.0 Å². The number of hydrogen-bond donors (Lipinski definition) is 2. The van der Waals surface area contributed by atoms with E-state index >= 15 is 0 Å². The monoisotopic (exact) mass is 420 g/mol. The van der Waals surface area contributed by atoms with Gasteiger partial charge in [-0.3, -0.25) is 10.2 Å². The minimum absolute atomic E-state index is 0.127. The van der Waals surface area contributed by atoms with Crippen molar-refractivity contribution in [2.45, 2.75) is 89.2 Å². The Balaban J connectivity index is 1.07. The van der Waals surface area contributed by atoms with Gasteiger partial charge in [0.15, 0.2) is 6.35 Å². The molecule has 3 heterocycles. The second-order valence-corrected chi connectivity index (χ2v) is 10.6. The zero-order valence-electron chi connectivity index (χ0n) is 18.6. The molecule has 30 heavy (non-hydrogen) atoms. The summed E-state index contributed by atoms with van der Waals surface area (Å²) in [4.78, 5) is 19.0. The molecule has 5 fully saturated rings.